The molecule has 0 aliphatic carbocycles. The SMILES string of the molecule is COc1ccc(CC(=O)N2CCN(c3ccc(F)c(Cl)c3)CC2)cc1. The second-order valence-corrected chi connectivity index (χ2v) is 6.40. The first kappa shape index (κ1) is 17.5. The van der Waals surface area contributed by atoms with Crippen molar-refractivity contribution in [1.82, 2.24) is 4.90 Å². The lowest BCUT2D eigenvalue weighted by Gasteiger charge is -2.36. The summed E-state index contributed by atoms with van der Waals surface area (Å²) in [4.78, 5) is 16.4. The first-order chi connectivity index (χ1) is 12.1. The fraction of sp³-hybridized carbons (Fsp3) is 0.316. The predicted molar refractivity (Wildman–Crippen MR) is 96.9 cm³/mol. The molecule has 1 aliphatic heterocycles. The molecule has 0 N–H and O–H groups in total. The Kier molecular flexibility index (Phi) is 5.43. The van der Waals surface area contributed by atoms with Crippen LogP contribution in [-0.4, -0.2) is 44.1 Å². The van der Waals surface area contributed by atoms with Crippen LogP contribution in [0.1, 0.15) is 5.56 Å². The molecular formula is C19H20ClFN2O2. The van der Waals surface area contributed by atoms with Crippen molar-refractivity contribution in [2.24, 2.45) is 0 Å². The van der Waals surface area contributed by atoms with E-state index in [1.54, 1.807) is 19.2 Å². The number of methoxy groups -OCH3 is 1. The molecule has 132 valence electrons. The van der Waals surface area contributed by atoms with E-state index in [0.717, 1.165) is 17.0 Å². The van der Waals surface area contributed by atoms with Crippen molar-refractivity contribution in [2.45, 2.75) is 6.42 Å². The molecule has 1 fully saturated rings. The maximum absolute atomic E-state index is 13.3. The van der Waals surface area contributed by atoms with E-state index in [0.29, 0.717) is 32.6 Å². The van der Waals surface area contributed by atoms with Crippen LogP contribution in [0.4, 0.5) is 10.1 Å². The topological polar surface area (TPSA) is 32.8 Å². The molecule has 0 saturated carbocycles. The number of hydrogen-bond donors (Lipinski definition) is 0. The highest BCUT2D eigenvalue weighted by atomic mass is 35.5. The number of carbonyl (C=O) groups is 1. The molecule has 0 radical (unpaired) electrons. The van der Waals surface area contributed by atoms with E-state index in [1.165, 1.54) is 6.07 Å². The number of piperazine rings is 1. The molecule has 4 nitrogen and oxygen atoms in total. The molecule has 0 atom stereocenters. The highest BCUT2D eigenvalue weighted by Gasteiger charge is 2.21. The second-order valence-electron chi connectivity index (χ2n) is 5.99. The Morgan fingerprint density at radius 1 is 1.12 bits per heavy atom. The van der Waals surface area contributed by atoms with Crippen LogP contribution in [-0.2, 0) is 11.2 Å². The van der Waals surface area contributed by atoms with Gasteiger partial charge in [-0.3, -0.25) is 4.79 Å². The Labute approximate surface area is 151 Å². The number of ether oxygens (including phenoxy) is 1. The van der Waals surface area contributed by atoms with Crippen LogP contribution in [0.5, 0.6) is 5.75 Å². The standard InChI is InChI=1S/C19H20ClFN2O2/c1-25-16-5-2-14(3-6-16)12-19(24)23-10-8-22(9-11-23)15-4-7-18(21)17(20)13-15/h2-7,13H,8-12H2,1H3. The molecule has 0 bridgehead atoms. The number of anilines is 1. The summed E-state index contributed by atoms with van der Waals surface area (Å²) in [6, 6.07) is 12.3. The Morgan fingerprint density at radius 2 is 1.80 bits per heavy atom. The van der Waals surface area contributed by atoms with Gasteiger partial charge in [-0.25, -0.2) is 4.39 Å². The molecule has 2 aromatic rings. The van der Waals surface area contributed by atoms with Crippen LogP contribution in [0.25, 0.3) is 0 Å². The molecule has 1 aliphatic rings. The molecule has 2 aromatic carbocycles. The summed E-state index contributed by atoms with van der Waals surface area (Å²) in [5.74, 6) is 0.475. The van der Waals surface area contributed by atoms with Gasteiger partial charge in [-0.1, -0.05) is 23.7 Å². The molecule has 0 aromatic heterocycles. The minimum absolute atomic E-state index is 0.113. The van der Waals surface area contributed by atoms with Gasteiger partial charge in [0.15, 0.2) is 0 Å². The molecule has 6 heteroatoms. The summed E-state index contributed by atoms with van der Waals surface area (Å²) in [6.45, 7) is 2.70. The van der Waals surface area contributed by atoms with Gasteiger partial charge in [0.25, 0.3) is 0 Å². The maximum Gasteiger partial charge on any atom is 0.227 e. The zero-order chi connectivity index (χ0) is 17.8. The van der Waals surface area contributed by atoms with Crippen molar-refractivity contribution in [1.29, 1.82) is 0 Å². The lowest BCUT2D eigenvalue weighted by atomic mass is 10.1. The summed E-state index contributed by atoms with van der Waals surface area (Å²) in [5.41, 5.74) is 1.85. The van der Waals surface area contributed by atoms with E-state index in [4.69, 9.17) is 16.3 Å². The van der Waals surface area contributed by atoms with Crippen LogP contribution in [0, 0.1) is 5.82 Å². The van der Waals surface area contributed by atoms with E-state index in [2.05, 4.69) is 4.90 Å². The summed E-state index contributed by atoms with van der Waals surface area (Å²) < 4.78 is 18.4. The summed E-state index contributed by atoms with van der Waals surface area (Å²) in [5, 5.41) is 0.121. The average molecular weight is 363 g/mol. The van der Waals surface area contributed by atoms with Gasteiger partial charge >= 0.3 is 0 Å². The van der Waals surface area contributed by atoms with Crippen LogP contribution in [0.15, 0.2) is 42.5 Å². The third-order valence-electron chi connectivity index (χ3n) is 4.42. The zero-order valence-electron chi connectivity index (χ0n) is 14.0. The van der Waals surface area contributed by atoms with Gasteiger partial charge in [0.2, 0.25) is 5.91 Å². The quantitative estimate of drug-likeness (QED) is 0.836. The summed E-state index contributed by atoms with van der Waals surface area (Å²) >= 11 is 5.85. The van der Waals surface area contributed by atoms with Gasteiger partial charge in [-0.2, -0.15) is 0 Å². The average Bonchev–Trinajstić information content (AvgIpc) is 2.65. The largest absolute Gasteiger partial charge is 0.497 e. The highest BCUT2D eigenvalue weighted by molar-refractivity contribution is 6.31. The van der Waals surface area contributed by atoms with Crippen molar-refractivity contribution in [3.05, 3.63) is 58.9 Å². The third kappa shape index (κ3) is 4.23. The molecule has 1 heterocycles. The van der Waals surface area contributed by atoms with Gasteiger partial charge in [0.1, 0.15) is 11.6 Å². The van der Waals surface area contributed by atoms with Crippen molar-refractivity contribution in [3.63, 3.8) is 0 Å². The van der Waals surface area contributed by atoms with Gasteiger partial charge < -0.3 is 14.5 Å². The number of carbonyl (C=O) groups excluding carboxylic acids is 1. The Hall–Kier alpha value is -2.27. The van der Waals surface area contributed by atoms with E-state index >= 15 is 0 Å². The Balaban J connectivity index is 1.55. The number of amides is 1. The Morgan fingerprint density at radius 3 is 2.40 bits per heavy atom. The Bertz CT molecular complexity index is 744. The normalized spacial score (nSPS) is 14.5. The van der Waals surface area contributed by atoms with Crippen LogP contribution >= 0.6 is 11.6 Å². The van der Waals surface area contributed by atoms with Gasteiger partial charge in [0, 0.05) is 31.9 Å². The van der Waals surface area contributed by atoms with Crippen molar-refractivity contribution >= 4 is 23.2 Å². The van der Waals surface area contributed by atoms with E-state index in [-0.39, 0.29) is 10.9 Å². The first-order valence-electron chi connectivity index (χ1n) is 8.17. The second kappa shape index (κ2) is 7.74. The predicted octanol–water partition coefficient (Wildman–Crippen LogP) is 3.38. The molecule has 1 amide bonds. The lowest BCUT2D eigenvalue weighted by molar-refractivity contribution is -0.130. The van der Waals surface area contributed by atoms with E-state index < -0.39 is 5.82 Å². The van der Waals surface area contributed by atoms with E-state index in [9.17, 15) is 9.18 Å². The van der Waals surface area contributed by atoms with Crippen LogP contribution in [0.3, 0.4) is 0 Å². The number of benzene rings is 2. The number of nitrogens with zero attached hydrogens (tertiary/aromatic N) is 2. The molecule has 0 unspecified atom stereocenters. The number of halogens is 2. The number of hydrogen-bond acceptors (Lipinski definition) is 3. The van der Waals surface area contributed by atoms with Gasteiger partial charge in [-0.05, 0) is 35.9 Å². The minimum atomic E-state index is -0.418. The van der Waals surface area contributed by atoms with Gasteiger partial charge in [0.05, 0.1) is 18.6 Å². The molecule has 0 spiro atoms. The number of rotatable bonds is 4. The van der Waals surface area contributed by atoms with Crippen molar-refractivity contribution in [2.75, 3.05) is 38.2 Å². The summed E-state index contributed by atoms with van der Waals surface area (Å²) in [7, 11) is 1.62. The molecular weight excluding hydrogens is 343 g/mol. The molecule has 3 rings (SSSR count). The lowest BCUT2D eigenvalue weighted by Crippen LogP contribution is -2.49. The molecule has 25 heavy (non-hydrogen) atoms. The smallest absolute Gasteiger partial charge is 0.227 e. The maximum atomic E-state index is 13.3. The minimum Gasteiger partial charge on any atom is -0.497 e. The fourth-order valence-electron chi connectivity index (χ4n) is 2.93. The van der Waals surface area contributed by atoms with Crippen LogP contribution in [0.2, 0.25) is 5.02 Å². The monoisotopic (exact) mass is 362 g/mol. The van der Waals surface area contributed by atoms with Crippen LogP contribution < -0.4 is 9.64 Å². The molecule has 1 saturated heterocycles. The van der Waals surface area contributed by atoms with Crippen molar-refractivity contribution in [3.8, 4) is 5.75 Å². The highest BCUT2D eigenvalue weighted by Crippen LogP contribution is 2.23. The first-order valence-corrected chi connectivity index (χ1v) is 8.55. The fourth-order valence-corrected chi connectivity index (χ4v) is 3.10. The van der Waals surface area contributed by atoms with Gasteiger partial charge in [-0.15, -0.1) is 0 Å². The van der Waals surface area contributed by atoms with E-state index in [1.807, 2.05) is 29.2 Å². The zero-order valence-corrected chi connectivity index (χ0v) is 14.8. The summed E-state index contributed by atoms with van der Waals surface area (Å²) in [6.07, 6.45) is 0.381. The van der Waals surface area contributed by atoms with Crippen molar-refractivity contribution < 1.29 is 13.9 Å². The third-order valence-corrected chi connectivity index (χ3v) is 4.70.